The van der Waals surface area contributed by atoms with Crippen LogP contribution in [-0.2, 0) is 0 Å². The zero-order valence-electron chi connectivity index (χ0n) is 22.9. The first-order valence-corrected chi connectivity index (χ1v) is 14.3. The summed E-state index contributed by atoms with van der Waals surface area (Å²) in [6.45, 7) is 30.8. The van der Waals surface area contributed by atoms with Crippen molar-refractivity contribution in [3.63, 3.8) is 0 Å². The second kappa shape index (κ2) is 13.3. The Labute approximate surface area is 209 Å². The molecule has 0 radical (unpaired) electrons. The third-order valence-corrected chi connectivity index (χ3v) is 9.32. The van der Waals surface area contributed by atoms with E-state index in [0.717, 1.165) is 78.5 Å². The molecule has 8 heteroatoms. The van der Waals surface area contributed by atoms with Gasteiger partial charge in [-0.2, -0.15) is 0 Å². The molecular formula is C26H56N6O2+2. The summed E-state index contributed by atoms with van der Waals surface area (Å²) in [5.74, 6) is 0. The van der Waals surface area contributed by atoms with Gasteiger partial charge in [-0.25, -0.2) is 0 Å². The number of rotatable bonds is 12. The molecule has 0 aromatic rings. The first kappa shape index (κ1) is 28.3. The van der Waals surface area contributed by atoms with E-state index >= 15 is 0 Å². The lowest BCUT2D eigenvalue weighted by molar-refractivity contribution is -1.03. The molecule has 3 aliphatic heterocycles. The van der Waals surface area contributed by atoms with E-state index in [0.29, 0.717) is 0 Å². The van der Waals surface area contributed by atoms with Crippen molar-refractivity contribution in [1.82, 2.24) is 19.6 Å². The van der Waals surface area contributed by atoms with Crippen LogP contribution in [0.4, 0.5) is 0 Å². The van der Waals surface area contributed by atoms with Crippen molar-refractivity contribution in [3.05, 3.63) is 0 Å². The van der Waals surface area contributed by atoms with Gasteiger partial charge in [-0.15, -0.1) is 0 Å². The zero-order valence-corrected chi connectivity index (χ0v) is 22.9. The quantitative estimate of drug-likeness (QED) is 0.370. The van der Waals surface area contributed by atoms with E-state index in [4.69, 9.17) is 0 Å². The number of β-amino-alcohol motifs (C(OH)–C–C–N with tert-alkyl or cyclic N) is 2. The first-order chi connectivity index (χ1) is 16.3. The molecule has 34 heavy (non-hydrogen) atoms. The molecule has 0 saturated carbocycles. The summed E-state index contributed by atoms with van der Waals surface area (Å²) in [5, 5.41) is 21.1. The Morgan fingerprint density at radius 2 is 0.853 bits per heavy atom. The van der Waals surface area contributed by atoms with Gasteiger partial charge in [0.05, 0.1) is 38.4 Å². The van der Waals surface area contributed by atoms with Gasteiger partial charge in [0, 0.05) is 52.4 Å². The number of likely N-dealkylation sites (N-methyl/N-ethyl adjacent to an activating group) is 2. The van der Waals surface area contributed by atoms with Crippen molar-refractivity contribution in [1.29, 1.82) is 0 Å². The minimum atomic E-state index is -0.233. The topological polar surface area (TPSA) is 53.4 Å². The van der Waals surface area contributed by atoms with E-state index in [1.54, 1.807) is 0 Å². The minimum Gasteiger partial charge on any atom is -0.390 e. The predicted molar refractivity (Wildman–Crippen MR) is 140 cm³/mol. The first-order valence-electron chi connectivity index (χ1n) is 14.3. The van der Waals surface area contributed by atoms with Gasteiger partial charge in [0.15, 0.2) is 0 Å². The van der Waals surface area contributed by atoms with Crippen molar-refractivity contribution in [2.45, 2.75) is 39.9 Å². The fraction of sp³-hybridized carbons (Fsp3) is 1.00. The number of aliphatic hydroxyl groups excluding tert-OH is 2. The lowest BCUT2D eigenvalue weighted by atomic mass is 10.1. The lowest BCUT2D eigenvalue weighted by Crippen LogP contribution is -2.73. The Kier molecular flexibility index (Phi) is 11.0. The largest absolute Gasteiger partial charge is 0.390 e. The Morgan fingerprint density at radius 1 is 0.559 bits per heavy atom. The number of aliphatic hydroxyl groups is 2. The maximum atomic E-state index is 10.5. The van der Waals surface area contributed by atoms with Crippen LogP contribution in [0.15, 0.2) is 0 Å². The maximum absolute atomic E-state index is 10.5. The SMILES string of the molecule is CCN(CC)C[C@@H](O)CN1CC[N+]2(CC1)CC[N+]1(CCN(C[C@@H](O)CN(CC)CC)CC1)CC2. The molecule has 0 bridgehead atoms. The van der Waals surface area contributed by atoms with Crippen molar-refractivity contribution in [2.24, 2.45) is 0 Å². The van der Waals surface area contributed by atoms with Gasteiger partial charge in [-0.3, -0.25) is 9.80 Å². The molecule has 0 amide bonds. The third-order valence-electron chi connectivity index (χ3n) is 9.32. The molecule has 3 saturated heterocycles. The number of quaternary nitrogens is 2. The summed E-state index contributed by atoms with van der Waals surface area (Å²) in [6.07, 6.45) is -0.466. The predicted octanol–water partition coefficient (Wildman–Crippen LogP) is -0.330. The van der Waals surface area contributed by atoms with Crippen molar-refractivity contribution < 1.29 is 19.2 Å². The van der Waals surface area contributed by atoms with E-state index in [9.17, 15) is 10.2 Å². The monoisotopic (exact) mass is 484 g/mol. The molecule has 3 fully saturated rings. The normalized spacial score (nSPS) is 25.4. The summed E-state index contributed by atoms with van der Waals surface area (Å²) < 4.78 is 2.60. The van der Waals surface area contributed by atoms with Gasteiger partial charge in [0.2, 0.25) is 0 Å². The second-order valence-electron chi connectivity index (χ2n) is 11.4. The van der Waals surface area contributed by atoms with Gasteiger partial charge in [-0.1, -0.05) is 27.7 Å². The van der Waals surface area contributed by atoms with Crippen LogP contribution in [0.3, 0.4) is 0 Å². The van der Waals surface area contributed by atoms with Crippen LogP contribution >= 0.6 is 0 Å². The van der Waals surface area contributed by atoms with Crippen molar-refractivity contribution in [3.8, 4) is 0 Å². The van der Waals surface area contributed by atoms with E-state index in [-0.39, 0.29) is 12.2 Å². The highest BCUT2D eigenvalue weighted by Crippen LogP contribution is 2.24. The molecule has 3 rings (SSSR count). The zero-order chi connectivity index (χ0) is 24.6. The van der Waals surface area contributed by atoms with E-state index < -0.39 is 0 Å². The van der Waals surface area contributed by atoms with Crippen LogP contribution in [0, 0.1) is 0 Å². The molecule has 200 valence electrons. The maximum Gasteiger partial charge on any atom is 0.129 e. The second-order valence-corrected chi connectivity index (χ2v) is 11.4. The summed E-state index contributed by atoms with van der Waals surface area (Å²) in [7, 11) is 0. The van der Waals surface area contributed by atoms with Gasteiger partial charge >= 0.3 is 0 Å². The Morgan fingerprint density at radius 3 is 1.12 bits per heavy atom. The fourth-order valence-electron chi connectivity index (χ4n) is 6.46. The standard InChI is InChI=1S/C26H56N6O2/c1-5-27(6-2)21-25(33)23-29-9-13-31(14-10-29)17-19-32(20-18-31)15-11-30(12-16-32)24-26(34)22-28(7-3)8-4/h25-26,33-34H,5-24H2,1-4H3/q+2/t25-,26+. The summed E-state index contributed by atoms with van der Waals surface area (Å²) in [6, 6.07) is 0. The van der Waals surface area contributed by atoms with Crippen molar-refractivity contribution >= 4 is 0 Å². The van der Waals surface area contributed by atoms with Crippen LogP contribution in [0.2, 0.25) is 0 Å². The summed E-state index contributed by atoms with van der Waals surface area (Å²) >= 11 is 0. The molecule has 0 aromatic carbocycles. The highest BCUT2D eigenvalue weighted by atomic mass is 16.3. The molecule has 2 atom stereocenters. The number of nitrogens with zero attached hydrogens (tertiary/aromatic N) is 6. The van der Waals surface area contributed by atoms with Crippen LogP contribution in [0.5, 0.6) is 0 Å². The number of hydrogen-bond acceptors (Lipinski definition) is 6. The molecule has 2 N–H and O–H groups in total. The highest BCUT2D eigenvalue weighted by molar-refractivity contribution is 4.75. The van der Waals surface area contributed by atoms with Gasteiger partial charge in [-0.05, 0) is 26.2 Å². The van der Waals surface area contributed by atoms with Crippen molar-refractivity contribution in [2.75, 3.05) is 131 Å². The molecule has 0 aliphatic carbocycles. The van der Waals surface area contributed by atoms with Gasteiger partial charge in [0.25, 0.3) is 0 Å². The molecule has 8 nitrogen and oxygen atoms in total. The van der Waals surface area contributed by atoms with Crippen LogP contribution in [-0.4, -0.2) is 182 Å². The van der Waals surface area contributed by atoms with Crippen LogP contribution in [0.25, 0.3) is 0 Å². The van der Waals surface area contributed by atoms with E-state index in [1.165, 1.54) is 61.3 Å². The summed E-state index contributed by atoms with van der Waals surface area (Å²) in [5.41, 5.74) is 0. The molecule has 0 aromatic heterocycles. The van der Waals surface area contributed by atoms with Crippen LogP contribution in [0.1, 0.15) is 27.7 Å². The van der Waals surface area contributed by atoms with Crippen LogP contribution < -0.4 is 0 Å². The lowest BCUT2D eigenvalue weighted by Gasteiger charge is -2.54. The molecule has 3 aliphatic rings. The number of piperazine rings is 3. The highest BCUT2D eigenvalue weighted by Gasteiger charge is 2.45. The Balaban J connectivity index is 1.36. The molecule has 0 unspecified atom stereocenters. The Hall–Kier alpha value is -0.320. The van der Waals surface area contributed by atoms with E-state index in [2.05, 4.69) is 47.3 Å². The average Bonchev–Trinajstić information content (AvgIpc) is 2.86. The van der Waals surface area contributed by atoms with Gasteiger partial charge < -0.3 is 29.0 Å². The smallest absolute Gasteiger partial charge is 0.129 e. The Bertz CT molecular complexity index is 508. The minimum absolute atomic E-state index is 0.233. The number of hydrogen-bond donors (Lipinski definition) is 2. The molecule has 3 heterocycles. The summed E-state index contributed by atoms with van der Waals surface area (Å²) in [4.78, 5) is 9.64. The molecule has 2 spiro atoms. The van der Waals surface area contributed by atoms with E-state index in [1.807, 2.05) is 0 Å². The molecular weight excluding hydrogens is 428 g/mol. The fourth-order valence-corrected chi connectivity index (χ4v) is 6.46. The third kappa shape index (κ3) is 7.84. The van der Waals surface area contributed by atoms with Gasteiger partial charge in [0.1, 0.15) is 26.2 Å². The average molecular weight is 485 g/mol.